The number of likely N-dealkylation sites (tertiary alicyclic amines) is 1. The number of hydrogen-bond donors (Lipinski definition) is 1. The lowest BCUT2D eigenvalue weighted by atomic mass is 9.96. The van der Waals surface area contributed by atoms with Crippen molar-refractivity contribution >= 4 is 5.91 Å². The molecule has 4 nitrogen and oxygen atoms in total. The first-order chi connectivity index (χ1) is 10.8. The fourth-order valence-electron chi connectivity index (χ4n) is 3.06. The van der Waals surface area contributed by atoms with Gasteiger partial charge in [0.05, 0.1) is 18.1 Å². The molecule has 0 aliphatic carbocycles. The molecule has 0 bridgehead atoms. The Morgan fingerprint density at radius 2 is 2.13 bits per heavy atom. The monoisotopic (exact) mass is 330 g/mol. The van der Waals surface area contributed by atoms with Crippen molar-refractivity contribution in [2.24, 2.45) is 11.8 Å². The Kier molecular flexibility index (Phi) is 5.64. The number of carbonyl (C=O) groups is 1. The summed E-state index contributed by atoms with van der Waals surface area (Å²) in [6, 6.07) is 5.32. The van der Waals surface area contributed by atoms with Crippen molar-refractivity contribution in [2.45, 2.75) is 12.7 Å². The van der Waals surface area contributed by atoms with E-state index in [2.05, 4.69) is 5.32 Å². The summed E-state index contributed by atoms with van der Waals surface area (Å²) in [6.07, 6.45) is -4.34. The van der Waals surface area contributed by atoms with Gasteiger partial charge in [-0.3, -0.25) is 9.69 Å². The Balaban J connectivity index is 2.07. The van der Waals surface area contributed by atoms with E-state index in [0.29, 0.717) is 31.8 Å². The molecule has 1 aromatic carbocycles. The fraction of sp³-hybridized carbons (Fsp3) is 0.562. The predicted molar refractivity (Wildman–Crippen MR) is 79.6 cm³/mol. The maximum Gasteiger partial charge on any atom is 0.416 e. The number of benzene rings is 1. The van der Waals surface area contributed by atoms with Crippen molar-refractivity contribution in [3.05, 3.63) is 35.4 Å². The van der Waals surface area contributed by atoms with Crippen LogP contribution in [0.1, 0.15) is 11.1 Å². The van der Waals surface area contributed by atoms with E-state index in [1.54, 1.807) is 20.2 Å². The third-order valence-corrected chi connectivity index (χ3v) is 4.14. The van der Waals surface area contributed by atoms with Gasteiger partial charge in [-0.15, -0.1) is 0 Å². The molecular formula is C16H21F3N2O2. The molecule has 2 atom stereocenters. The van der Waals surface area contributed by atoms with Gasteiger partial charge in [0, 0.05) is 39.7 Å². The molecule has 7 heteroatoms. The Bertz CT molecular complexity index is 548. The van der Waals surface area contributed by atoms with E-state index < -0.39 is 11.7 Å². The van der Waals surface area contributed by atoms with E-state index in [9.17, 15) is 18.0 Å². The normalized spacial score (nSPS) is 22.3. The van der Waals surface area contributed by atoms with Gasteiger partial charge in [0.15, 0.2) is 0 Å². The zero-order valence-electron chi connectivity index (χ0n) is 13.2. The lowest BCUT2D eigenvalue weighted by Crippen LogP contribution is -2.34. The van der Waals surface area contributed by atoms with E-state index >= 15 is 0 Å². The molecule has 0 unspecified atom stereocenters. The standard InChI is InChI=1S/C16H21F3N2O2/c1-20-15(22)14-9-21(8-12(14)10-23-2)7-11-4-3-5-13(6-11)16(17,18)19/h3-6,12,14H,7-10H2,1-2H3,(H,20,22)/t12-,14+/m0/s1. The average Bonchev–Trinajstić information content (AvgIpc) is 2.89. The van der Waals surface area contributed by atoms with Crippen molar-refractivity contribution < 1.29 is 22.7 Å². The van der Waals surface area contributed by atoms with E-state index in [1.165, 1.54) is 12.1 Å². The Hall–Kier alpha value is -1.60. The van der Waals surface area contributed by atoms with Crippen LogP contribution in [0, 0.1) is 11.8 Å². The van der Waals surface area contributed by atoms with Crippen LogP contribution in [-0.4, -0.2) is 44.7 Å². The van der Waals surface area contributed by atoms with Crippen LogP contribution in [0.15, 0.2) is 24.3 Å². The summed E-state index contributed by atoms with van der Waals surface area (Å²) < 4.78 is 43.5. The molecule has 1 amide bonds. The number of methoxy groups -OCH3 is 1. The minimum absolute atomic E-state index is 0.0470. The van der Waals surface area contributed by atoms with Crippen LogP contribution in [0.25, 0.3) is 0 Å². The van der Waals surface area contributed by atoms with E-state index in [4.69, 9.17) is 4.74 Å². The third-order valence-electron chi connectivity index (χ3n) is 4.14. The van der Waals surface area contributed by atoms with Crippen LogP contribution in [-0.2, 0) is 22.3 Å². The Morgan fingerprint density at radius 3 is 2.74 bits per heavy atom. The second-order valence-corrected chi connectivity index (χ2v) is 5.83. The largest absolute Gasteiger partial charge is 0.416 e. The first-order valence-corrected chi connectivity index (χ1v) is 7.44. The SMILES string of the molecule is CNC(=O)[C@@H]1CN(Cc2cccc(C(F)(F)F)c2)C[C@H]1COC. The van der Waals surface area contributed by atoms with Crippen LogP contribution in [0.2, 0.25) is 0 Å². The smallest absolute Gasteiger partial charge is 0.384 e. The second kappa shape index (κ2) is 7.31. The highest BCUT2D eigenvalue weighted by Gasteiger charge is 2.37. The van der Waals surface area contributed by atoms with Gasteiger partial charge in [-0.1, -0.05) is 18.2 Å². The highest BCUT2D eigenvalue weighted by Crippen LogP contribution is 2.31. The summed E-state index contributed by atoms with van der Waals surface area (Å²) in [4.78, 5) is 13.9. The summed E-state index contributed by atoms with van der Waals surface area (Å²) >= 11 is 0. The first kappa shape index (κ1) is 17.7. The molecule has 1 saturated heterocycles. The van der Waals surface area contributed by atoms with Crippen molar-refractivity contribution in [3.8, 4) is 0 Å². The number of alkyl halides is 3. The number of halogens is 3. The highest BCUT2D eigenvalue weighted by molar-refractivity contribution is 5.79. The van der Waals surface area contributed by atoms with E-state index in [-0.39, 0.29) is 17.7 Å². The van der Waals surface area contributed by atoms with Gasteiger partial charge in [-0.2, -0.15) is 13.2 Å². The zero-order valence-corrected chi connectivity index (χ0v) is 13.2. The van der Waals surface area contributed by atoms with Crippen molar-refractivity contribution in [1.29, 1.82) is 0 Å². The lowest BCUT2D eigenvalue weighted by molar-refractivity contribution is -0.137. The zero-order chi connectivity index (χ0) is 17.0. The second-order valence-electron chi connectivity index (χ2n) is 5.83. The molecule has 1 aromatic rings. The molecule has 0 radical (unpaired) electrons. The van der Waals surface area contributed by atoms with Crippen LogP contribution in [0.5, 0.6) is 0 Å². The average molecular weight is 330 g/mol. The van der Waals surface area contributed by atoms with Crippen LogP contribution >= 0.6 is 0 Å². The van der Waals surface area contributed by atoms with Gasteiger partial charge < -0.3 is 10.1 Å². The van der Waals surface area contributed by atoms with Crippen LogP contribution in [0.3, 0.4) is 0 Å². The van der Waals surface area contributed by atoms with Gasteiger partial charge in [-0.25, -0.2) is 0 Å². The maximum absolute atomic E-state index is 12.8. The summed E-state index contributed by atoms with van der Waals surface area (Å²) in [7, 11) is 3.16. The highest BCUT2D eigenvalue weighted by atomic mass is 19.4. The lowest BCUT2D eigenvalue weighted by Gasteiger charge is -2.17. The first-order valence-electron chi connectivity index (χ1n) is 7.44. The summed E-state index contributed by atoms with van der Waals surface area (Å²) in [6.45, 7) is 1.99. The molecule has 23 heavy (non-hydrogen) atoms. The molecule has 0 saturated carbocycles. The topological polar surface area (TPSA) is 41.6 Å². The van der Waals surface area contributed by atoms with Gasteiger partial charge >= 0.3 is 6.18 Å². The van der Waals surface area contributed by atoms with E-state index in [1.807, 2.05) is 4.90 Å². The van der Waals surface area contributed by atoms with Crippen LogP contribution in [0.4, 0.5) is 13.2 Å². The molecule has 2 rings (SSSR count). The number of ether oxygens (including phenoxy) is 1. The van der Waals surface area contributed by atoms with Crippen molar-refractivity contribution in [1.82, 2.24) is 10.2 Å². The number of hydrogen-bond acceptors (Lipinski definition) is 3. The maximum atomic E-state index is 12.8. The van der Waals surface area contributed by atoms with Crippen molar-refractivity contribution in [2.75, 3.05) is 33.9 Å². The summed E-state index contributed by atoms with van der Waals surface area (Å²) in [5, 5.41) is 2.64. The minimum Gasteiger partial charge on any atom is -0.384 e. The van der Waals surface area contributed by atoms with Gasteiger partial charge in [0.25, 0.3) is 0 Å². The molecule has 128 valence electrons. The molecule has 0 aromatic heterocycles. The summed E-state index contributed by atoms with van der Waals surface area (Å²) in [5.74, 6) is -0.213. The summed E-state index contributed by atoms with van der Waals surface area (Å²) in [5.41, 5.74) is -0.0564. The number of rotatable bonds is 5. The number of amides is 1. The number of nitrogens with one attached hydrogen (secondary N) is 1. The molecular weight excluding hydrogens is 309 g/mol. The van der Waals surface area contributed by atoms with Gasteiger partial charge in [0.2, 0.25) is 5.91 Å². The quantitative estimate of drug-likeness (QED) is 0.899. The molecule has 0 spiro atoms. The molecule has 1 N–H and O–H groups in total. The third kappa shape index (κ3) is 4.45. The Morgan fingerprint density at radius 1 is 1.39 bits per heavy atom. The van der Waals surface area contributed by atoms with E-state index in [0.717, 1.165) is 6.07 Å². The van der Waals surface area contributed by atoms with Crippen LogP contribution < -0.4 is 5.32 Å². The molecule has 1 aliphatic heterocycles. The van der Waals surface area contributed by atoms with Gasteiger partial charge in [-0.05, 0) is 11.6 Å². The fourth-order valence-corrected chi connectivity index (χ4v) is 3.06. The van der Waals surface area contributed by atoms with Gasteiger partial charge in [0.1, 0.15) is 0 Å². The number of nitrogens with zero attached hydrogens (tertiary/aromatic N) is 1. The Labute approximate surface area is 133 Å². The predicted octanol–water partition coefficient (Wildman–Crippen LogP) is 2.15. The molecule has 1 aliphatic rings. The molecule has 1 fully saturated rings. The minimum atomic E-state index is -4.34. The molecule has 1 heterocycles. The number of carbonyl (C=O) groups excluding carboxylic acids is 1. The van der Waals surface area contributed by atoms with Crippen molar-refractivity contribution in [3.63, 3.8) is 0 Å².